The summed E-state index contributed by atoms with van der Waals surface area (Å²) in [6.07, 6.45) is 61.9. The smallest absolute Gasteiger partial charge is 0.305 e. The number of hydrogen-bond acceptors (Lipinski definition) is 5. The molecule has 6 nitrogen and oxygen atoms in total. The Balaban J connectivity index is 3.42. The van der Waals surface area contributed by atoms with E-state index in [-0.39, 0.29) is 18.5 Å². The van der Waals surface area contributed by atoms with Gasteiger partial charge in [0.05, 0.1) is 25.4 Å². The highest BCUT2D eigenvalue weighted by atomic mass is 16.5. The van der Waals surface area contributed by atoms with Gasteiger partial charge in [-0.25, -0.2) is 0 Å². The Labute approximate surface area is 386 Å². The third-order valence-corrected chi connectivity index (χ3v) is 12.7. The molecule has 0 fully saturated rings. The van der Waals surface area contributed by atoms with Crippen LogP contribution in [-0.4, -0.2) is 47.4 Å². The lowest BCUT2D eigenvalue weighted by atomic mass is 10.0. The fraction of sp³-hybridized carbons (Fsp3) is 0.893. The number of nitrogens with one attached hydrogen (secondary N) is 1. The van der Waals surface area contributed by atoms with Gasteiger partial charge in [0.2, 0.25) is 5.91 Å². The standard InChI is InChI=1S/C56H107NO5/c1-3-5-7-9-11-13-15-17-18-23-26-30-34-38-42-46-50-56(61)62-51-47-43-39-35-31-27-24-21-19-20-22-25-29-33-37-41-45-49-55(60)57-53(52-58)54(59)48-44-40-36-32-28-16-14-12-10-8-6-4-2/h18,23,44,48,53-54,58-59H,3-17,19-22,24-43,45-47,49-52H2,1-2H3,(H,57,60)/b23-18-,48-44+. The van der Waals surface area contributed by atoms with E-state index in [1.807, 2.05) is 6.08 Å². The average Bonchev–Trinajstić information content (AvgIpc) is 3.27. The molecule has 0 aliphatic heterocycles. The minimum atomic E-state index is -0.847. The first kappa shape index (κ1) is 60.3. The molecule has 3 N–H and O–H groups in total. The Morgan fingerprint density at radius 1 is 0.435 bits per heavy atom. The monoisotopic (exact) mass is 874 g/mol. The van der Waals surface area contributed by atoms with Crippen LogP contribution in [0.25, 0.3) is 0 Å². The lowest BCUT2D eigenvalue weighted by Gasteiger charge is -2.20. The van der Waals surface area contributed by atoms with Crippen LogP contribution in [0.1, 0.15) is 296 Å². The van der Waals surface area contributed by atoms with Crippen molar-refractivity contribution in [1.29, 1.82) is 0 Å². The summed E-state index contributed by atoms with van der Waals surface area (Å²) in [5.74, 6) is -0.0770. The minimum absolute atomic E-state index is 0.00308. The van der Waals surface area contributed by atoms with Crippen molar-refractivity contribution in [2.75, 3.05) is 13.2 Å². The maximum absolute atomic E-state index is 12.4. The number of carbonyl (C=O) groups is 2. The summed E-state index contributed by atoms with van der Waals surface area (Å²) < 4.78 is 5.47. The molecule has 0 aromatic carbocycles. The molecule has 0 aromatic rings. The molecule has 0 saturated carbocycles. The van der Waals surface area contributed by atoms with Crippen molar-refractivity contribution in [1.82, 2.24) is 5.32 Å². The van der Waals surface area contributed by atoms with Crippen molar-refractivity contribution in [3.05, 3.63) is 24.3 Å². The van der Waals surface area contributed by atoms with E-state index in [1.54, 1.807) is 6.08 Å². The normalized spacial score (nSPS) is 12.8. The van der Waals surface area contributed by atoms with Gasteiger partial charge in [0.15, 0.2) is 0 Å². The molecule has 0 heterocycles. The number of aliphatic hydroxyl groups is 2. The summed E-state index contributed by atoms with van der Waals surface area (Å²) in [5.41, 5.74) is 0. The summed E-state index contributed by atoms with van der Waals surface area (Å²) in [5, 5.41) is 23.0. The molecule has 0 rings (SSSR count). The third-order valence-electron chi connectivity index (χ3n) is 12.7. The van der Waals surface area contributed by atoms with Crippen LogP contribution < -0.4 is 5.32 Å². The highest BCUT2D eigenvalue weighted by Gasteiger charge is 2.18. The fourth-order valence-electron chi connectivity index (χ4n) is 8.45. The van der Waals surface area contributed by atoms with Crippen molar-refractivity contribution >= 4 is 11.9 Å². The van der Waals surface area contributed by atoms with Crippen molar-refractivity contribution < 1.29 is 24.5 Å². The first-order chi connectivity index (χ1) is 30.5. The van der Waals surface area contributed by atoms with E-state index < -0.39 is 12.1 Å². The summed E-state index contributed by atoms with van der Waals surface area (Å²) in [7, 11) is 0. The molecule has 0 radical (unpaired) electrons. The molecule has 0 aliphatic carbocycles. The molecular formula is C56H107NO5. The Morgan fingerprint density at radius 3 is 1.15 bits per heavy atom. The van der Waals surface area contributed by atoms with Crippen LogP contribution in [0.15, 0.2) is 24.3 Å². The Hall–Kier alpha value is -1.66. The van der Waals surface area contributed by atoms with E-state index in [0.29, 0.717) is 19.4 Å². The van der Waals surface area contributed by atoms with Gasteiger partial charge in [-0.1, -0.05) is 250 Å². The van der Waals surface area contributed by atoms with Gasteiger partial charge < -0.3 is 20.3 Å². The van der Waals surface area contributed by atoms with E-state index in [9.17, 15) is 19.8 Å². The number of rotatable bonds is 51. The Morgan fingerprint density at radius 2 is 0.758 bits per heavy atom. The van der Waals surface area contributed by atoms with Crippen molar-refractivity contribution in [2.45, 2.75) is 309 Å². The highest BCUT2D eigenvalue weighted by molar-refractivity contribution is 5.76. The van der Waals surface area contributed by atoms with Crippen LogP contribution >= 0.6 is 0 Å². The quantitative estimate of drug-likeness (QED) is 0.0321. The maximum Gasteiger partial charge on any atom is 0.305 e. The first-order valence-corrected chi connectivity index (χ1v) is 27.6. The van der Waals surface area contributed by atoms with Gasteiger partial charge in [0.1, 0.15) is 0 Å². The van der Waals surface area contributed by atoms with E-state index in [0.717, 1.165) is 44.9 Å². The molecule has 6 heteroatoms. The predicted octanol–water partition coefficient (Wildman–Crippen LogP) is 16.7. The number of aliphatic hydroxyl groups excluding tert-OH is 2. The molecule has 0 bridgehead atoms. The minimum Gasteiger partial charge on any atom is -0.466 e. The average molecular weight is 874 g/mol. The van der Waals surface area contributed by atoms with Crippen LogP contribution in [0.2, 0.25) is 0 Å². The fourth-order valence-corrected chi connectivity index (χ4v) is 8.45. The number of allylic oxidation sites excluding steroid dienone is 3. The lowest BCUT2D eigenvalue weighted by Crippen LogP contribution is -2.45. The summed E-state index contributed by atoms with van der Waals surface area (Å²) in [4.78, 5) is 24.5. The molecule has 0 spiro atoms. The number of carbonyl (C=O) groups excluding carboxylic acids is 2. The van der Waals surface area contributed by atoms with Crippen LogP contribution in [0.5, 0.6) is 0 Å². The number of ether oxygens (including phenoxy) is 1. The molecule has 2 unspecified atom stereocenters. The second-order valence-electron chi connectivity index (χ2n) is 18.9. The second kappa shape index (κ2) is 52.0. The van der Waals surface area contributed by atoms with Gasteiger partial charge in [0, 0.05) is 12.8 Å². The predicted molar refractivity (Wildman–Crippen MR) is 269 cm³/mol. The summed E-state index contributed by atoms with van der Waals surface area (Å²) in [6, 6.07) is -0.630. The molecule has 0 saturated heterocycles. The molecular weight excluding hydrogens is 767 g/mol. The Bertz CT molecular complexity index is 966. The molecule has 0 aliphatic rings. The molecule has 0 aromatic heterocycles. The molecule has 62 heavy (non-hydrogen) atoms. The van der Waals surface area contributed by atoms with Crippen molar-refractivity contribution in [3.8, 4) is 0 Å². The van der Waals surface area contributed by atoms with Crippen molar-refractivity contribution in [3.63, 3.8) is 0 Å². The number of esters is 1. The Kier molecular flexibility index (Phi) is 50.6. The zero-order valence-corrected chi connectivity index (χ0v) is 41.6. The number of unbranched alkanes of at least 4 members (excludes halogenated alkanes) is 38. The van der Waals surface area contributed by atoms with Gasteiger partial charge in [0.25, 0.3) is 0 Å². The lowest BCUT2D eigenvalue weighted by molar-refractivity contribution is -0.143. The molecule has 1 amide bonds. The first-order valence-electron chi connectivity index (χ1n) is 27.6. The van der Waals surface area contributed by atoms with Crippen LogP contribution in [0.4, 0.5) is 0 Å². The van der Waals surface area contributed by atoms with Crippen LogP contribution in [0, 0.1) is 0 Å². The SMILES string of the molecule is CCCCCCCCC/C=C\CCCCCCCC(=O)OCCCCCCCCCCCCCCCCCCCC(=O)NC(CO)C(O)/C=C/CCCCCCCCCCCC. The van der Waals surface area contributed by atoms with E-state index in [2.05, 4.69) is 31.3 Å². The largest absolute Gasteiger partial charge is 0.466 e. The highest BCUT2D eigenvalue weighted by Crippen LogP contribution is 2.16. The van der Waals surface area contributed by atoms with Gasteiger partial charge in [-0.05, 0) is 57.8 Å². The number of amides is 1. The summed E-state index contributed by atoms with van der Waals surface area (Å²) >= 11 is 0. The van der Waals surface area contributed by atoms with E-state index in [1.165, 1.54) is 225 Å². The second-order valence-corrected chi connectivity index (χ2v) is 18.9. The van der Waals surface area contributed by atoms with Gasteiger partial charge in [-0.3, -0.25) is 9.59 Å². The van der Waals surface area contributed by atoms with Gasteiger partial charge in [-0.2, -0.15) is 0 Å². The van der Waals surface area contributed by atoms with Gasteiger partial charge >= 0.3 is 5.97 Å². The molecule has 366 valence electrons. The number of hydrogen-bond donors (Lipinski definition) is 3. The zero-order valence-electron chi connectivity index (χ0n) is 41.6. The molecule has 2 atom stereocenters. The third kappa shape index (κ3) is 47.8. The van der Waals surface area contributed by atoms with Crippen LogP contribution in [0.3, 0.4) is 0 Å². The van der Waals surface area contributed by atoms with E-state index >= 15 is 0 Å². The van der Waals surface area contributed by atoms with Gasteiger partial charge in [-0.15, -0.1) is 0 Å². The van der Waals surface area contributed by atoms with Crippen LogP contribution in [-0.2, 0) is 14.3 Å². The summed E-state index contributed by atoms with van der Waals surface area (Å²) in [6.45, 7) is 4.88. The zero-order chi connectivity index (χ0) is 45.1. The topological polar surface area (TPSA) is 95.9 Å². The van der Waals surface area contributed by atoms with E-state index in [4.69, 9.17) is 4.74 Å². The van der Waals surface area contributed by atoms with Crippen molar-refractivity contribution in [2.24, 2.45) is 0 Å². The maximum atomic E-state index is 12.4.